The molecule has 0 bridgehead atoms. The molecule has 1 fully saturated rings. The Hall–Kier alpha value is -2.33. The van der Waals surface area contributed by atoms with Gasteiger partial charge in [0.1, 0.15) is 17.3 Å². The molecule has 1 N–H and O–H groups in total. The van der Waals surface area contributed by atoms with Gasteiger partial charge in [0.05, 0.1) is 5.92 Å². The van der Waals surface area contributed by atoms with Gasteiger partial charge in [0, 0.05) is 37.3 Å². The summed E-state index contributed by atoms with van der Waals surface area (Å²) in [5.74, 6) is -0.575. The van der Waals surface area contributed by atoms with E-state index < -0.39 is 17.8 Å². The number of nitrogens with zero attached hydrogens (tertiary/aromatic N) is 3. The number of hydrogen-bond donors (Lipinski definition) is 1. The second kappa shape index (κ2) is 11.6. The Morgan fingerprint density at radius 2 is 1.89 bits per heavy atom. The van der Waals surface area contributed by atoms with E-state index in [1.807, 2.05) is 22.5 Å². The number of amides is 1. The first-order valence-electron chi connectivity index (χ1n) is 11.6. The van der Waals surface area contributed by atoms with E-state index in [2.05, 4.69) is 17.2 Å². The standard InChI is InChI=1S/C25H32F4N4OS/c1-16-9-11-33(12-10-16)23-19(7-8-22(31-23)25(27,28)29)14-30-24(34)17(2)18-5-6-20(21(26)13-18)15-32(3)35-4/h5-8,13,16-17H,9-12,14-15H2,1-4H3,(H,30,34). The normalized spacial score (nSPS) is 16.0. The maximum Gasteiger partial charge on any atom is 0.433 e. The third-order valence-corrected chi connectivity index (χ3v) is 7.21. The van der Waals surface area contributed by atoms with Crippen LogP contribution in [0.4, 0.5) is 23.4 Å². The lowest BCUT2D eigenvalue weighted by molar-refractivity contribution is -0.141. The number of nitrogens with one attached hydrogen (secondary N) is 1. The summed E-state index contributed by atoms with van der Waals surface area (Å²) < 4.78 is 56.4. The molecule has 1 aromatic carbocycles. The number of aromatic nitrogens is 1. The number of pyridine rings is 1. The van der Waals surface area contributed by atoms with Crippen LogP contribution in [-0.4, -0.2) is 41.6 Å². The smallest absolute Gasteiger partial charge is 0.356 e. The van der Waals surface area contributed by atoms with Crippen LogP contribution in [0.3, 0.4) is 0 Å². The molecule has 1 amide bonds. The van der Waals surface area contributed by atoms with Crippen LogP contribution in [0.25, 0.3) is 0 Å². The van der Waals surface area contributed by atoms with Crippen molar-refractivity contribution in [2.75, 3.05) is 31.3 Å². The summed E-state index contributed by atoms with van der Waals surface area (Å²) >= 11 is 1.49. The fraction of sp³-hybridized carbons (Fsp3) is 0.520. The van der Waals surface area contributed by atoms with Crippen molar-refractivity contribution in [1.29, 1.82) is 0 Å². The fourth-order valence-corrected chi connectivity index (χ4v) is 4.29. The zero-order valence-electron chi connectivity index (χ0n) is 20.5. The molecule has 1 aliphatic heterocycles. The first-order valence-corrected chi connectivity index (χ1v) is 12.8. The van der Waals surface area contributed by atoms with Gasteiger partial charge < -0.3 is 10.2 Å². The molecule has 35 heavy (non-hydrogen) atoms. The van der Waals surface area contributed by atoms with Crippen LogP contribution in [0.2, 0.25) is 0 Å². The Morgan fingerprint density at radius 1 is 1.23 bits per heavy atom. The summed E-state index contributed by atoms with van der Waals surface area (Å²) in [7, 11) is 1.86. The largest absolute Gasteiger partial charge is 0.433 e. The minimum atomic E-state index is -4.55. The first kappa shape index (κ1) is 27.3. The summed E-state index contributed by atoms with van der Waals surface area (Å²) in [5, 5.41) is 2.80. The van der Waals surface area contributed by atoms with Crippen molar-refractivity contribution in [1.82, 2.24) is 14.6 Å². The highest BCUT2D eigenvalue weighted by molar-refractivity contribution is 7.96. The van der Waals surface area contributed by atoms with Crippen molar-refractivity contribution in [3.8, 4) is 0 Å². The molecule has 0 spiro atoms. The molecular weight excluding hydrogens is 480 g/mol. The average Bonchev–Trinajstić information content (AvgIpc) is 2.83. The van der Waals surface area contributed by atoms with Crippen molar-refractivity contribution >= 4 is 23.7 Å². The van der Waals surface area contributed by atoms with Crippen molar-refractivity contribution in [2.24, 2.45) is 5.92 Å². The molecule has 1 atom stereocenters. The molecule has 1 saturated heterocycles. The van der Waals surface area contributed by atoms with E-state index in [1.165, 1.54) is 24.1 Å². The van der Waals surface area contributed by atoms with Gasteiger partial charge in [-0.05, 0) is 56.7 Å². The van der Waals surface area contributed by atoms with Crippen LogP contribution in [-0.2, 0) is 24.1 Å². The van der Waals surface area contributed by atoms with Crippen LogP contribution in [0, 0.1) is 11.7 Å². The van der Waals surface area contributed by atoms with Gasteiger partial charge in [-0.1, -0.05) is 37.1 Å². The summed E-state index contributed by atoms with van der Waals surface area (Å²) in [6, 6.07) is 7.10. The van der Waals surface area contributed by atoms with Crippen LogP contribution in [0.15, 0.2) is 30.3 Å². The zero-order chi connectivity index (χ0) is 25.8. The number of anilines is 1. The molecule has 2 heterocycles. The molecule has 3 rings (SSSR count). The van der Waals surface area contributed by atoms with Gasteiger partial charge in [-0.2, -0.15) is 13.2 Å². The molecular formula is C25H32F4N4OS. The Labute approximate surface area is 208 Å². The highest BCUT2D eigenvalue weighted by atomic mass is 32.2. The average molecular weight is 513 g/mol. The predicted molar refractivity (Wildman–Crippen MR) is 131 cm³/mol. The molecule has 10 heteroatoms. The Kier molecular flexibility index (Phi) is 9.04. The zero-order valence-corrected chi connectivity index (χ0v) is 21.3. The lowest BCUT2D eigenvalue weighted by atomic mass is 9.98. The van der Waals surface area contributed by atoms with Crippen LogP contribution < -0.4 is 10.2 Å². The summed E-state index contributed by atoms with van der Waals surface area (Å²) in [6.07, 6.45) is -0.902. The van der Waals surface area contributed by atoms with Gasteiger partial charge in [-0.3, -0.25) is 4.79 Å². The van der Waals surface area contributed by atoms with Crippen molar-refractivity contribution in [2.45, 2.75) is 51.9 Å². The number of piperidine rings is 1. The number of carbonyl (C=O) groups is 1. The fourth-order valence-electron chi connectivity index (χ4n) is 4.02. The van der Waals surface area contributed by atoms with Gasteiger partial charge in [0.15, 0.2) is 0 Å². The van der Waals surface area contributed by atoms with Crippen LogP contribution in [0.5, 0.6) is 0 Å². The second-order valence-corrected chi connectivity index (χ2v) is 10.1. The van der Waals surface area contributed by atoms with Crippen molar-refractivity contribution in [3.05, 3.63) is 58.5 Å². The van der Waals surface area contributed by atoms with Crippen LogP contribution in [0.1, 0.15) is 55.0 Å². The topological polar surface area (TPSA) is 48.5 Å². The minimum absolute atomic E-state index is 0.0365. The van der Waals surface area contributed by atoms with Gasteiger partial charge in [0.2, 0.25) is 5.91 Å². The summed E-state index contributed by atoms with van der Waals surface area (Å²) in [5.41, 5.74) is 0.646. The molecule has 0 radical (unpaired) electrons. The molecule has 0 aliphatic carbocycles. The maximum absolute atomic E-state index is 14.6. The van der Waals surface area contributed by atoms with E-state index in [0.29, 0.717) is 42.2 Å². The van der Waals surface area contributed by atoms with E-state index in [1.54, 1.807) is 19.1 Å². The number of benzene rings is 1. The van der Waals surface area contributed by atoms with Gasteiger partial charge in [-0.25, -0.2) is 13.7 Å². The van der Waals surface area contributed by atoms with E-state index in [-0.39, 0.29) is 24.1 Å². The van der Waals surface area contributed by atoms with Crippen LogP contribution >= 0.6 is 11.9 Å². The van der Waals surface area contributed by atoms with E-state index in [4.69, 9.17) is 0 Å². The number of rotatable bonds is 8. The number of alkyl halides is 3. The molecule has 1 aliphatic rings. The number of hydrogen-bond acceptors (Lipinski definition) is 5. The lowest BCUT2D eigenvalue weighted by Gasteiger charge is -2.33. The number of carbonyl (C=O) groups excluding carboxylic acids is 1. The lowest BCUT2D eigenvalue weighted by Crippen LogP contribution is -2.35. The summed E-state index contributed by atoms with van der Waals surface area (Å²) in [4.78, 5) is 18.6. The van der Waals surface area contributed by atoms with E-state index in [0.717, 1.165) is 18.9 Å². The second-order valence-electron chi connectivity index (χ2n) is 9.11. The van der Waals surface area contributed by atoms with E-state index >= 15 is 0 Å². The highest BCUT2D eigenvalue weighted by Crippen LogP contribution is 2.32. The predicted octanol–water partition coefficient (Wildman–Crippen LogP) is 5.61. The van der Waals surface area contributed by atoms with Gasteiger partial charge in [0.25, 0.3) is 0 Å². The SMILES string of the molecule is CSN(C)Cc1ccc(C(C)C(=O)NCc2ccc(C(F)(F)F)nc2N2CCC(C)CC2)cc1F. The molecule has 0 saturated carbocycles. The highest BCUT2D eigenvalue weighted by Gasteiger charge is 2.34. The Morgan fingerprint density at radius 3 is 2.49 bits per heavy atom. The third kappa shape index (κ3) is 7.10. The maximum atomic E-state index is 14.6. The minimum Gasteiger partial charge on any atom is -0.356 e. The molecule has 2 aromatic rings. The number of halogens is 4. The molecule has 192 valence electrons. The van der Waals surface area contributed by atoms with Gasteiger partial charge in [-0.15, -0.1) is 0 Å². The van der Waals surface area contributed by atoms with E-state index in [9.17, 15) is 22.4 Å². The monoisotopic (exact) mass is 512 g/mol. The quantitative estimate of drug-likeness (QED) is 0.368. The molecule has 5 nitrogen and oxygen atoms in total. The van der Waals surface area contributed by atoms with Gasteiger partial charge >= 0.3 is 6.18 Å². The summed E-state index contributed by atoms with van der Waals surface area (Å²) in [6.45, 7) is 5.50. The Balaban J connectivity index is 1.73. The molecule has 1 aromatic heterocycles. The molecule has 1 unspecified atom stereocenters. The third-order valence-electron chi connectivity index (χ3n) is 6.46. The Bertz CT molecular complexity index is 1030. The van der Waals surface area contributed by atoms with Crippen molar-refractivity contribution < 1.29 is 22.4 Å². The first-order chi connectivity index (χ1) is 16.5. The van der Waals surface area contributed by atoms with Crippen molar-refractivity contribution in [3.63, 3.8) is 0 Å².